The predicted molar refractivity (Wildman–Crippen MR) is 59.7 cm³/mol. The Morgan fingerprint density at radius 2 is 2.23 bits per heavy atom. The van der Waals surface area contributed by atoms with Crippen molar-refractivity contribution in [1.82, 2.24) is 0 Å². The Kier molecular flexibility index (Phi) is 7.26. The average Bonchev–Trinajstić information content (AvgIpc) is 2.06. The number of esters is 1. The van der Waals surface area contributed by atoms with Crippen LogP contribution in [0.1, 0.15) is 26.7 Å². The maximum absolute atomic E-state index is 11.2. The quantitative estimate of drug-likeness (QED) is 0.480. The Bertz CT molecular complexity index is 189. The second-order valence-electron chi connectivity index (χ2n) is 2.59. The fourth-order valence-electron chi connectivity index (χ4n) is 0.897. The Hall–Kier alpha value is -0.100. The van der Waals surface area contributed by atoms with Gasteiger partial charge in [-0.1, -0.05) is 35.9 Å². The molecule has 3 nitrogen and oxygen atoms in total. The number of ether oxygens (including phenoxy) is 1. The summed E-state index contributed by atoms with van der Waals surface area (Å²) in [4.78, 5) is 11.2. The van der Waals surface area contributed by atoms with E-state index in [0.29, 0.717) is 18.6 Å². The normalized spacial score (nSPS) is 14.0. The molecule has 0 heterocycles. The fourth-order valence-corrected chi connectivity index (χ4v) is 1.57. The van der Waals surface area contributed by atoms with Crippen LogP contribution in [0.4, 0.5) is 0 Å². The molecule has 0 aliphatic carbocycles. The third-order valence-corrected chi connectivity index (χ3v) is 2.22. The lowest BCUT2D eigenvalue weighted by Gasteiger charge is -2.11. The number of hydrogen-bond donors (Lipinski definition) is 1. The summed E-state index contributed by atoms with van der Waals surface area (Å²) in [7, 11) is 0. The predicted octanol–water partition coefficient (Wildman–Crippen LogP) is 2.03. The summed E-state index contributed by atoms with van der Waals surface area (Å²) >= 11 is 1.94. The van der Waals surface area contributed by atoms with Crippen LogP contribution in [0.5, 0.6) is 0 Å². The van der Waals surface area contributed by atoms with Crippen LogP contribution in [0.15, 0.2) is 9.66 Å². The van der Waals surface area contributed by atoms with E-state index in [4.69, 9.17) is 4.74 Å². The number of carbonyl (C=O) groups excluding carboxylic acids is 1. The van der Waals surface area contributed by atoms with Crippen LogP contribution in [0.2, 0.25) is 0 Å². The molecule has 0 saturated carbocycles. The van der Waals surface area contributed by atoms with Crippen molar-refractivity contribution in [3.63, 3.8) is 0 Å². The van der Waals surface area contributed by atoms with E-state index >= 15 is 0 Å². The molecule has 1 N–H and O–H groups in total. The number of aliphatic hydroxyl groups excluding tert-OH is 1. The molecule has 0 aromatic carbocycles. The van der Waals surface area contributed by atoms with E-state index in [1.807, 2.05) is 29.5 Å². The second-order valence-corrected chi connectivity index (χ2v) is 3.21. The van der Waals surface area contributed by atoms with E-state index in [0.717, 1.165) is 6.42 Å². The first-order chi connectivity index (χ1) is 6.17. The number of halogens is 1. The number of hydrogen-bond acceptors (Lipinski definition) is 3. The molecule has 0 fully saturated rings. The zero-order valence-electron chi connectivity index (χ0n) is 7.92. The van der Waals surface area contributed by atoms with Crippen LogP contribution >= 0.6 is 22.6 Å². The van der Waals surface area contributed by atoms with Crippen LogP contribution < -0.4 is 0 Å². The summed E-state index contributed by atoms with van der Waals surface area (Å²) in [5.74, 6) is -0.419. The van der Waals surface area contributed by atoms with Gasteiger partial charge in [-0.05, 0) is 17.4 Å². The zero-order valence-corrected chi connectivity index (χ0v) is 10.1. The molecular formula is C9H15IO3. The van der Waals surface area contributed by atoms with Crippen LogP contribution in [0, 0.1) is 0 Å². The molecule has 0 amide bonds. The first-order valence-corrected chi connectivity index (χ1v) is 5.57. The molecule has 0 saturated heterocycles. The highest BCUT2D eigenvalue weighted by molar-refractivity contribution is 14.1. The minimum atomic E-state index is -0.694. The van der Waals surface area contributed by atoms with Gasteiger partial charge in [0.05, 0.1) is 18.3 Å². The molecule has 13 heavy (non-hydrogen) atoms. The van der Waals surface area contributed by atoms with Crippen molar-refractivity contribution in [1.29, 1.82) is 0 Å². The van der Waals surface area contributed by atoms with Gasteiger partial charge in [0.2, 0.25) is 0 Å². The van der Waals surface area contributed by atoms with Crippen LogP contribution in [-0.2, 0) is 9.53 Å². The monoisotopic (exact) mass is 298 g/mol. The van der Waals surface area contributed by atoms with Gasteiger partial charge in [-0.2, -0.15) is 0 Å². The Morgan fingerprint density at radius 1 is 1.62 bits per heavy atom. The molecule has 0 bridgehead atoms. The highest BCUT2D eigenvalue weighted by atomic mass is 127. The molecule has 0 unspecified atom stereocenters. The van der Waals surface area contributed by atoms with Crippen molar-refractivity contribution < 1.29 is 14.6 Å². The number of carbonyl (C=O) groups is 1. The van der Waals surface area contributed by atoms with Crippen molar-refractivity contribution in [3.05, 3.63) is 9.66 Å². The standard InChI is InChI=1S/C9H15IO3/c1-3-5-8(11)7(6-10)9(12)13-4-2/h6,8,11H,3-5H2,1-2H3/b7-6-/t8-/m1/s1. The van der Waals surface area contributed by atoms with Crippen LogP contribution in [0.25, 0.3) is 0 Å². The molecule has 4 heteroatoms. The van der Waals surface area contributed by atoms with Gasteiger partial charge in [0.25, 0.3) is 0 Å². The first kappa shape index (κ1) is 12.9. The fraction of sp³-hybridized carbons (Fsp3) is 0.667. The van der Waals surface area contributed by atoms with E-state index < -0.39 is 12.1 Å². The molecule has 0 aliphatic rings. The third kappa shape index (κ3) is 4.61. The summed E-state index contributed by atoms with van der Waals surface area (Å²) in [6.45, 7) is 4.04. The topological polar surface area (TPSA) is 46.5 Å². The summed E-state index contributed by atoms with van der Waals surface area (Å²) < 4.78 is 6.37. The van der Waals surface area contributed by atoms with E-state index in [2.05, 4.69) is 0 Å². The van der Waals surface area contributed by atoms with Gasteiger partial charge in [-0.25, -0.2) is 4.79 Å². The van der Waals surface area contributed by atoms with E-state index in [-0.39, 0.29) is 0 Å². The molecular weight excluding hydrogens is 283 g/mol. The number of aliphatic hydroxyl groups is 1. The molecule has 0 radical (unpaired) electrons. The zero-order chi connectivity index (χ0) is 10.3. The largest absolute Gasteiger partial charge is 0.463 e. The van der Waals surface area contributed by atoms with Crippen molar-refractivity contribution >= 4 is 28.6 Å². The van der Waals surface area contributed by atoms with Crippen molar-refractivity contribution in [2.45, 2.75) is 32.8 Å². The van der Waals surface area contributed by atoms with Gasteiger partial charge >= 0.3 is 5.97 Å². The summed E-state index contributed by atoms with van der Waals surface area (Å²) in [6.07, 6.45) is 0.739. The SMILES string of the molecule is CCC[C@@H](O)/C(=C/I)C(=O)OCC. The highest BCUT2D eigenvalue weighted by Crippen LogP contribution is 2.12. The van der Waals surface area contributed by atoms with Crippen molar-refractivity contribution in [2.24, 2.45) is 0 Å². The van der Waals surface area contributed by atoms with Crippen LogP contribution in [0.3, 0.4) is 0 Å². The third-order valence-electron chi connectivity index (χ3n) is 1.55. The molecule has 0 rings (SSSR count). The van der Waals surface area contributed by atoms with E-state index in [1.165, 1.54) is 0 Å². The van der Waals surface area contributed by atoms with Gasteiger partial charge in [0.1, 0.15) is 0 Å². The van der Waals surface area contributed by atoms with Crippen molar-refractivity contribution in [2.75, 3.05) is 6.61 Å². The van der Waals surface area contributed by atoms with E-state index in [9.17, 15) is 9.90 Å². The maximum atomic E-state index is 11.2. The molecule has 76 valence electrons. The molecule has 1 atom stereocenters. The van der Waals surface area contributed by atoms with Gasteiger partial charge in [0.15, 0.2) is 0 Å². The first-order valence-electron chi connectivity index (χ1n) is 4.32. The van der Waals surface area contributed by atoms with Gasteiger partial charge in [-0.15, -0.1) is 0 Å². The highest BCUT2D eigenvalue weighted by Gasteiger charge is 2.18. The lowest BCUT2D eigenvalue weighted by molar-refractivity contribution is -0.139. The number of rotatable bonds is 5. The van der Waals surface area contributed by atoms with Gasteiger partial charge in [0, 0.05) is 0 Å². The Labute approximate surface area is 92.3 Å². The van der Waals surface area contributed by atoms with Crippen LogP contribution in [-0.4, -0.2) is 23.8 Å². The lowest BCUT2D eigenvalue weighted by atomic mass is 10.1. The summed E-state index contributed by atoms with van der Waals surface area (Å²) in [6, 6.07) is 0. The Morgan fingerprint density at radius 3 is 2.62 bits per heavy atom. The average molecular weight is 298 g/mol. The minimum Gasteiger partial charge on any atom is -0.463 e. The summed E-state index contributed by atoms with van der Waals surface area (Å²) in [5, 5.41) is 9.53. The molecule has 0 aromatic heterocycles. The molecule has 0 spiro atoms. The second kappa shape index (κ2) is 7.32. The Balaban J connectivity index is 4.25. The lowest BCUT2D eigenvalue weighted by Crippen LogP contribution is -2.19. The van der Waals surface area contributed by atoms with Gasteiger partial charge < -0.3 is 9.84 Å². The smallest absolute Gasteiger partial charge is 0.337 e. The molecule has 0 aliphatic heterocycles. The van der Waals surface area contributed by atoms with Crippen molar-refractivity contribution in [3.8, 4) is 0 Å². The summed E-state index contributed by atoms with van der Waals surface area (Å²) in [5.41, 5.74) is 0.351. The van der Waals surface area contributed by atoms with E-state index in [1.54, 1.807) is 11.0 Å². The molecule has 0 aromatic rings. The minimum absolute atomic E-state index is 0.339. The van der Waals surface area contributed by atoms with Gasteiger partial charge in [-0.3, -0.25) is 0 Å². The maximum Gasteiger partial charge on any atom is 0.337 e.